The highest BCUT2D eigenvalue weighted by molar-refractivity contribution is 7.09. The van der Waals surface area contributed by atoms with Gasteiger partial charge in [0.25, 0.3) is 0 Å². The molecule has 0 bridgehead atoms. The summed E-state index contributed by atoms with van der Waals surface area (Å²) in [6, 6.07) is 0.655. The van der Waals surface area contributed by atoms with Gasteiger partial charge in [0.1, 0.15) is 0 Å². The Balaban J connectivity index is 1.93. The molecule has 2 heterocycles. The van der Waals surface area contributed by atoms with E-state index in [1.165, 1.54) is 17.1 Å². The second-order valence-corrected chi connectivity index (χ2v) is 8.91. The maximum absolute atomic E-state index is 4.89. The van der Waals surface area contributed by atoms with E-state index in [4.69, 9.17) is 9.98 Å². The topological polar surface area (TPSA) is 43.8 Å². The van der Waals surface area contributed by atoms with Gasteiger partial charge < -0.3 is 10.2 Å². The first-order valence-corrected chi connectivity index (χ1v) is 11.0. The summed E-state index contributed by atoms with van der Waals surface area (Å²) in [6.45, 7) is 19.4. The molecule has 1 saturated heterocycles. The molecule has 0 aliphatic carbocycles. The lowest BCUT2D eigenvalue weighted by molar-refractivity contribution is 0.223. The molecule has 0 amide bonds. The number of nitrogens with one attached hydrogen (secondary N) is 1. The lowest BCUT2D eigenvalue weighted by atomic mass is 9.93. The van der Waals surface area contributed by atoms with E-state index in [2.05, 4.69) is 62.0 Å². The third-order valence-electron chi connectivity index (χ3n) is 5.03. The van der Waals surface area contributed by atoms with Crippen LogP contribution in [-0.4, -0.2) is 66.1 Å². The molecule has 1 aromatic rings. The molecule has 0 spiro atoms. The van der Waals surface area contributed by atoms with Crippen LogP contribution in [-0.2, 0) is 11.8 Å². The predicted molar refractivity (Wildman–Crippen MR) is 113 cm³/mol. The molecule has 0 saturated carbocycles. The fourth-order valence-electron chi connectivity index (χ4n) is 3.43. The quantitative estimate of drug-likeness (QED) is 0.583. The summed E-state index contributed by atoms with van der Waals surface area (Å²) in [7, 11) is 0. The Morgan fingerprint density at radius 2 is 2.08 bits per heavy atom. The van der Waals surface area contributed by atoms with Gasteiger partial charge >= 0.3 is 0 Å². The highest BCUT2D eigenvalue weighted by atomic mass is 32.1. The van der Waals surface area contributed by atoms with Crippen molar-refractivity contribution in [3.63, 3.8) is 0 Å². The Morgan fingerprint density at radius 1 is 1.35 bits per heavy atom. The summed E-state index contributed by atoms with van der Waals surface area (Å²) in [5, 5.41) is 6.86. The molecular formula is C20H37N5S. The molecule has 2 rings (SSSR count). The van der Waals surface area contributed by atoms with Crippen LogP contribution in [0.1, 0.15) is 58.7 Å². The number of rotatable bonds is 7. The summed E-state index contributed by atoms with van der Waals surface area (Å²) >= 11 is 1.76. The summed E-state index contributed by atoms with van der Waals surface area (Å²) in [4.78, 5) is 14.7. The Labute approximate surface area is 163 Å². The van der Waals surface area contributed by atoms with Crippen molar-refractivity contribution in [1.29, 1.82) is 0 Å². The first-order valence-electron chi connectivity index (χ1n) is 10.1. The van der Waals surface area contributed by atoms with E-state index < -0.39 is 0 Å². The average Bonchev–Trinajstić information content (AvgIpc) is 3.24. The number of likely N-dealkylation sites (N-methyl/N-ethyl adjacent to an activating group) is 1. The molecule has 1 aromatic heterocycles. The highest BCUT2D eigenvalue weighted by Gasteiger charge is 2.28. The van der Waals surface area contributed by atoms with Crippen molar-refractivity contribution in [2.45, 2.75) is 65.8 Å². The van der Waals surface area contributed by atoms with Gasteiger partial charge in [-0.3, -0.25) is 9.89 Å². The third kappa shape index (κ3) is 5.68. The molecule has 1 N–H and O–H groups in total. The maximum Gasteiger partial charge on any atom is 0.193 e. The Kier molecular flexibility index (Phi) is 7.89. The minimum absolute atomic E-state index is 0.127. The van der Waals surface area contributed by atoms with Crippen molar-refractivity contribution in [3.8, 4) is 0 Å². The van der Waals surface area contributed by atoms with Crippen molar-refractivity contribution < 1.29 is 0 Å². The van der Waals surface area contributed by atoms with Crippen LogP contribution in [0.3, 0.4) is 0 Å². The van der Waals surface area contributed by atoms with E-state index in [9.17, 15) is 0 Å². The van der Waals surface area contributed by atoms with Crippen LogP contribution < -0.4 is 5.32 Å². The van der Waals surface area contributed by atoms with Crippen molar-refractivity contribution in [1.82, 2.24) is 20.1 Å². The number of thiazole rings is 1. The normalized spacial score (nSPS) is 18.8. The van der Waals surface area contributed by atoms with Gasteiger partial charge in [-0.15, -0.1) is 11.3 Å². The van der Waals surface area contributed by atoms with Crippen LogP contribution in [0.15, 0.2) is 10.4 Å². The van der Waals surface area contributed by atoms with E-state index in [-0.39, 0.29) is 5.41 Å². The second kappa shape index (κ2) is 9.70. The fraction of sp³-hybridized carbons (Fsp3) is 0.800. The minimum Gasteiger partial charge on any atom is -0.357 e. The zero-order valence-corrected chi connectivity index (χ0v) is 18.3. The van der Waals surface area contributed by atoms with Crippen LogP contribution in [0, 0.1) is 0 Å². The van der Waals surface area contributed by atoms with E-state index >= 15 is 0 Å². The number of aromatic nitrogens is 1. The number of nitrogens with zero attached hydrogens (tertiary/aromatic N) is 4. The van der Waals surface area contributed by atoms with E-state index in [0.29, 0.717) is 6.04 Å². The first-order chi connectivity index (χ1) is 12.4. The molecule has 5 nitrogen and oxygen atoms in total. The van der Waals surface area contributed by atoms with Gasteiger partial charge in [-0.2, -0.15) is 0 Å². The van der Waals surface area contributed by atoms with Crippen LogP contribution >= 0.6 is 11.3 Å². The summed E-state index contributed by atoms with van der Waals surface area (Å²) in [6.07, 6.45) is 2.15. The highest BCUT2D eigenvalue weighted by Crippen LogP contribution is 2.24. The molecule has 0 radical (unpaired) electrons. The second-order valence-electron chi connectivity index (χ2n) is 7.97. The molecule has 148 valence electrons. The van der Waals surface area contributed by atoms with Crippen molar-refractivity contribution in [2.24, 2.45) is 4.99 Å². The van der Waals surface area contributed by atoms with Gasteiger partial charge in [-0.05, 0) is 26.4 Å². The van der Waals surface area contributed by atoms with Gasteiger partial charge in [0.15, 0.2) is 5.96 Å². The fourth-order valence-corrected chi connectivity index (χ4v) is 4.44. The molecule has 1 aliphatic heterocycles. The number of hydrogen-bond donors (Lipinski definition) is 1. The lowest BCUT2D eigenvalue weighted by Gasteiger charge is -2.27. The van der Waals surface area contributed by atoms with E-state index in [0.717, 1.165) is 51.6 Å². The van der Waals surface area contributed by atoms with Crippen molar-refractivity contribution in [3.05, 3.63) is 16.1 Å². The maximum atomic E-state index is 4.89. The van der Waals surface area contributed by atoms with Gasteiger partial charge in [-0.1, -0.05) is 34.6 Å². The zero-order chi connectivity index (χ0) is 19.2. The first kappa shape index (κ1) is 21.2. The molecule has 26 heavy (non-hydrogen) atoms. The van der Waals surface area contributed by atoms with Gasteiger partial charge in [0, 0.05) is 49.4 Å². The summed E-state index contributed by atoms with van der Waals surface area (Å²) < 4.78 is 0. The van der Waals surface area contributed by atoms with Crippen molar-refractivity contribution >= 4 is 17.3 Å². The molecule has 6 heteroatoms. The Bertz CT molecular complexity index is 571. The predicted octanol–water partition coefficient (Wildman–Crippen LogP) is 3.36. The number of likely N-dealkylation sites (tertiary alicyclic amines) is 1. The standard InChI is InChI=1S/C20H37N5S/c1-7-21-19(25-13-11-16(14-25)24(8-2)9-3)22-12-10-18-23-17(15-26-18)20(4,5)6/h15-16H,7-14H2,1-6H3,(H,21,22). The third-order valence-corrected chi connectivity index (χ3v) is 5.94. The largest absolute Gasteiger partial charge is 0.357 e. The summed E-state index contributed by atoms with van der Waals surface area (Å²) in [5.41, 5.74) is 1.32. The van der Waals surface area contributed by atoms with Crippen LogP contribution in [0.25, 0.3) is 0 Å². The average molecular weight is 380 g/mol. The number of hydrogen-bond acceptors (Lipinski definition) is 4. The number of guanidine groups is 1. The van der Waals surface area contributed by atoms with Crippen LogP contribution in [0.4, 0.5) is 0 Å². The molecule has 0 aromatic carbocycles. The van der Waals surface area contributed by atoms with E-state index in [1.54, 1.807) is 11.3 Å². The van der Waals surface area contributed by atoms with Gasteiger partial charge in [-0.25, -0.2) is 4.98 Å². The van der Waals surface area contributed by atoms with Crippen LogP contribution in [0.2, 0.25) is 0 Å². The van der Waals surface area contributed by atoms with Gasteiger partial charge in [0.2, 0.25) is 0 Å². The number of aliphatic imine (C=N–C) groups is 1. The minimum atomic E-state index is 0.127. The molecule has 1 aliphatic rings. The molecular weight excluding hydrogens is 342 g/mol. The Hall–Kier alpha value is -1.14. The SMILES string of the molecule is CCNC(=NCCc1nc(C(C)(C)C)cs1)N1CCC(N(CC)CC)C1. The van der Waals surface area contributed by atoms with Crippen molar-refractivity contribution in [2.75, 3.05) is 39.3 Å². The molecule has 1 unspecified atom stereocenters. The monoisotopic (exact) mass is 379 g/mol. The van der Waals surface area contributed by atoms with Crippen LogP contribution in [0.5, 0.6) is 0 Å². The Morgan fingerprint density at radius 3 is 2.65 bits per heavy atom. The van der Waals surface area contributed by atoms with E-state index in [1.807, 2.05) is 0 Å². The molecule has 1 atom stereocenters. The van der Waals surface area contributed by atoms with Gasteiger partial charge in [0.05, 0.1) is 10.7 Å². The molecule has 1 fully saturated rings. The lowest BCUT2D eigenvalue weighted by Crippen LogP contribution is -2.43. The zero-order valence-electron chi connectivity index (χ0n) is 17.5. The summed E-state index contributed by atoms with van der Waals surface area (Å²) in [5.74, 6) is 1.06. The smallest absolute Gasteiger partial charge is 0.193 e.